The zero-order valence-corrected chi connectivity index (χ0v) is 19.9. The van der Waals surface area contributed by atoms with E-state index < -0.39 is 47.8 Å². The number of rotatable bonds is 10. The predicted molar refractivity (Wildman–Crippen MR) is 121 cm³/mol. The molecule has 1 heterocycles. The maximum absolute atomic E-state index is 13.5. The van der Waals surface area contributed by atoms with Gasteiger partial charge in [-0.05, 0) is 37.3 Å². The number of ether oxygens (including phenoxy) is 1. The quantitative estimate of drug-likeness (QED) is 0.205. The van der Waals surface area contributed by atoms with Crippen LogP contribution >= 0.6 is 35.0 Å². The van der Waals surface area contributed by atoms with Gasteiger partial charge in [0.1, 0.15) is 23.3 Å². The van der Waals surface area contributed by atoms with Crippen molar-refractivity contribution >= 4 is 35.0 Å². The number of aromatic nitrogens is 3. The van der Waals surface area contributed by atoms with Crippen molar-refractivity contribution in [2.24, 2.45) is 0 Å². The molecule has 3 rings (SSSR count). The molecule has 0 bridgehead atoms. The molecule has 0 fully saturated rings. The van der Waals surface area contributed by atoms with Gasteiger partial charge in [-0.15, -0.1) is 5.10 Å². The SMILES string of the molecule is C[C@@H](O)C(CO)OC(Sc1cc(Cl)ccc1Cl)[C@@H](O)Cn1cc(-c2cc(F)c(F)c(F)c2)nn1. The third-order valence-corrected chi connectivity index (χ3v) is 6.60. The van der Waals surface area contributed by atoms with Crippen LogP contribution in [0, 0.1) is 17.5 Å². The van der Waals surface area contributed by atoms with Crippen LogP contribution in [0.25, 0.3) is 11.3 Å². The lowest BCUT2D eigenvalue weighted by Gasteiger charge is -2.28. The van der Waals surface area contributed by atoms with Gasteiger partial charge in [-0.1, -0.05) is 40.2 Å². The van der Waals surface area contributed by atoms with Gasteiger partial charge in [-0.25, -0.2) is 17.9 Å². The van der Waals surface area contributed by atoms with E-state index >= 15 is 0 Å². The van der Waals surface area contributed by atoms with Crippen LogP contribution in [0.5, 0.6) is 0 Å². The number of aliphatic hydroxyl groups is 3. The molecule has 34 heavy (non-hydrogen) atoms. The van der Waals surface area contributed by atoms with Crippen molar-refractivity contribution in [1.29, 1.82) is 0 Å². The Kier molecular flexibility index (Phi) is 9.21. The first kappa shape index (κ1) is 26.7. The number of aliphatic hydroxyl groups excluding tert-OH is 3. The zero-order chi connectivity index (χ0) is 25.0. The first-order valence-electron chi connectivity index (χ1n) is 9.88. The van der Waals surface area contributed by atoms with Crippen LogP contribution in [0.15, 0.2) is 41.4 Å². The van der Waals surface area contributed by atoms with Crippen LogP contribution in [0.4, 0.5) is 13.2 Å². The molecule has 0 radical (unpaired) electrons. The third kappa shape index (κ3) is 6.63. The van der Waals surface area contributed by atoms with Crippen LogP contribution in [0.1, 0.15) is 6.92 Å². The van der Waals surface area contributed by atoms with Crippen molar-refractivity contribution in [2.45, 2.75) is 42.1 Å². The van der Waals surface area contributed by atoms with Gasteiger partial charge in [-0.3, -0.25) is 0 Å². The molecule has 0 amide bonds. The van der Waals surface area contributed by atoms with Gasteiger partial charge in [0.2, 0.25) is 0 Å². The molecule has 3 aromatic rings. The van der Waals surface area contributed by atoms with Gasteiger partial charge in [-0.2, -0.15) is 0 Å². The van der Waals surface area contributed by atoms with Gasteiger partial charge in [0.05, 0.1) is 30.5 Å². The minimum absolute atomic E-state index is 0.0422. The Balaban J connectivity index is 1.82. The van der Waals surface area contributed by atoms with Crippen molar-refractivity contribution < 1.29 is 33.2 Å². The molecular weight excluding hydrogens is 518 g/mol. The maximum Gasteiger partial charge on any atom is 0.194 e. The van der Waals surface area contributed by atoms with Crippen molar-refractivity contribution in [2.75, 3.05) is 6.61 Å². The average Bonchev–Trinajstić information content (AvgIpc) is 3.25. The minimum atomic E-state index is -1.60. The van der Waals surface area contributed by atoms with Crippen molar-refractivity contribution in [1.82, 2.24) is 15.0 Å². The van der Waals surface area contributed by atoms with Crippen molar-refractivity contribution in [3.05, 3.63) is 64.0 Å². The molecule has 0 saturated carbocycles. The first-order valence-corrected chi connectivity index (χ1v) is 11.5. The van der Waals surface area contributed by atoms with Gasteiger partial charge in [0.25, 0.3) is 0 Å². The Morgan fingerprint density at radius 1 is 1.12 bits per heavy atom. The van der Waals surface area contributed by atoms with Crippen LogP contribution in [-0.2, 0) is 11.3 Å². The number of halogens is 5. The maximum atomic E-state index is 13.5. The van der Waals surface area contributed by atoms with E-state index in [9.17, 15) is 28.5 Å². The van der Waals surface area contributed by atoms with E-state index in [0.717, 1.165) is 23.9 Å². The fraction of sp³-hybridized carbons (Fsp3) is 0.333. The number of nitrogens with zero attached hydrogens (tertiary/aromatic N) is 3. The van der Waals surface area contributed by atoms with E-state index in [-0.39, 0.29) is 17.8 Å². The Labute approximate surface area is 207 Å². The molecule has 0 aliphatic carbocycles. The Morgan fingerprint density at radius 3 is 2.41 bits per heavy atom. The molecule has 13 heteroatoms. The molecule has 0 aliphatic heterocycles. The lowest BCUT2D eigenvalue weighted by Crippen LogP contribution is -2.39. The van der Waals surface area contributed by atoms with E-state index in [4.69, 9.17) is 27.9 Å². The average molecular weight is 538 g/mol. The van der Waals surface area contributed by atoms with Gasteiger partial charge >= 0.3 is 0 Å². The standard InChI is InChI=1S/C21H20Cl2F3N3O4S/c1-10(31)18(9-30)33-21(34-19-6-12(22)2-3-13(19)23)17(32)8-29-7-16(27-28-29)11-4-14(24)20(26)15(25)5-11/h2-7,10,17-18,21,30-32H,8-9H2,1H3/t10-,17+,18?,21?/m1/s1. The molecule has 0 spiro atoms. The van der Waals surface area contributed by atoms with Crippen molar-refractivity contribution in [3.8, 4) is 11.3 Å². The van der Waals surface area contributed by atoms with Crippen LogP contribution < -0.4 is 0 Å². The highest BCUT2D eigenvalue weighted by atomic mass is 35.5. The van der Waals surface area contributed by atoms with Crippen LogP contribution in [0.2, 0.25) is 10.0 Å². The molecule has 3 N–H and O–H groups in total. The monoisotopic (exact) mass is 537 g/mol. The fourth-order valence-corrected chi connectivity index (χ4v) is 4.43. The Hall–Kier alpha value is -1.86. The van der Waals surface area contributed by atoms with Crippen LogP contribution in [0.3, 0.4) is 0 Å². The molecule has 4 atom stereocenters. The summed E-state index contributed by atoms with van der Waals surface area (Å²) >= 11 is 13.3. The summed E-state index contributed by atoms with van der Waals surface area (Å²) in [5.74, 6) is -4.35. The molecule has 2 aromatic carbocycles. The lowest BCUT2D eigenvalue weighted by atomic mass is 10.1. The van der Waals surface area contributed by atoms with E-state index in [0.29, 0.717) is 14.9 Å². The number of thioether (sulfide) groups is 1. The molecule has 1 aromatic heterocycles. The molecule has 0 saturated heterocycles. The summed E-state index contributed by atoms with van der Waals surface area (Å²) in [6.07, 6.45) is -2.02. The van der Waals surface area contributed by atoms with Crippen LogP contribution in [-0.4, -0.2) is 60.7 Å². The second-order valence-electron chi connectivity index (χ2n) is 7.31. The summed E-state index contributed by atoms with van der Waals surface area (Å²) < 4.78 is 47.3. The fourth-order valence-electron chi connectivity index (χ4n) is 2.87. The molecule has 184 valence electrons. The second-order valence-corrected chi connectivity index (χ2v) is 9.29. The first-order chi connectivity index (χ1) is 16.1. The Morgan fingerprint density at radius 2 is 1.79 bits per heavy atom. The van der Waals surface area contributed by atoms with Crippen molar-refractivity contribution in [3.63, 3.8) is 0 Å². The summed E-state index contributed by atoms with van der Waals surface area (Å²) in [4.78, 5) is 0.483. The number of hydrogen-bond acceptors (Lipinski definition) is 7. The van der Waals surface area contributed by atoms with Gasteiger partial charge < -0.3 is 20.1 Å². The summed E-state index contributed by atoms with van der Waals surface area (Å²) in [5.41, 5.74) is -1.04. The molecule has 7 nitrogen and oxygen atoms in total. The van der Waals surface area contributed by atoms with Gasteiger partial charge in [0.15, 0.2) is 17.5 Å². The Bertz CT molecular complexity index is 1120. The smallest absolute Gasteiger partial charge is 0.194 e. The second kappa shape index (κ2) is 11.7. The van der Waals surface area contributed by atoms with E-state index in [1.165, 1.54) is 17.8 Å². The molecule has 0 aliphatic rings. The van der Waals surface area contributed by atoms with E-state index in [2.05, 4.69) is 10.3 Å². The lowest BCUT2D eigenvalue weighted by molar-refractivity contribution is -0.0972. The summed E-state index contributed by atoms with van der Waals surface area (Å²) in [6.45, 7) is 0.721. The van der Waals surface area contributed by atoms with E-state index in [1.54, 1.807) is 18.2 Å². The third-order valence-electron chi connectivity index (χ3n) is 4.67. The normalized spacial score (nSPS) is 15.2. The molecule has 2 unspecified atom stereocenters. The van der Waals surface area contributed by atoms with E-state index in [1.807, 2.05) is 0 Å². The largest absolute Gasteiger partial charge is 0.394 e. The summed E-state index contributed by atoms with van der Waals surface area (Å²) in [7, 11) is 0. The molecular formula is C21H20Cl2F3N3O4S. The zero-order valence-electron chi connectivity index (χ0n) is 17.6. The highest BCUT2D eigenvalue weighted by molar-refractivity contribution is 8.00. The predicted octanol–water partition coefficient (Wildman–Crippen LogP) is 3.91. The highest BCUT2D eigenvalue weighted by Gasteiger charge is 2.29. The summed E-state index contributed by atoms with van der Waals surface area (Å²) in [6, 6.07) is 6.28. The van der Waals surface area contributed by atoms with Gasteiger partial charge in [0, 0.05) is 15.5 Å². The highest BCUT2D eigenvalue weighted by Crippen LogP contribution is 2.35. The number of benzene rings is 2. The number of hydrogen-bond donors (Lipinski definition) is 3. The summed E-state index contributed by atoms with van der Waals surface area (Å²) in [5, 5.41) is 38.6. The topological polar surface area (TPSA) is 101 Å². The minimum Gasteiger partial charge on any atom is -0.394 e.